The van der Waals surface area contributed by atoms with E-state index >= 15 is 0 Å². The minimum atomic E-state index is -0.648. The van der Waals surface area contributed by atoms with Crippen molar-refractivity contribution in [2.75, 3.05) is 5.32 Å². The molecule has 7 heteroatoms. The molecule has 1 N–H and O–H groups in total. The Morgan fingerprint density at radius 2 is 2.08 bits per heavy atom. The maximum absolute atomic E-state index is 12.3. The normalized spacial score (nSPS) is 11.0. The lowest BCUT2D eigenvalue weighted by molar-refractivity contribution is -0.117. The zero-order valence-corrected chi connectivity index (χ0v) is 14.2. The van der Waals surface area contributed by atoms with Crippen LogP contribution in [0.5, 0.6) is 0 Å². The Labute approximate surface area is 142 Å². The molecule has 0 unspecified atom stereocenters. The van der Waals surface area contributed by atoms with Gasteiger partial charge in [0.05, 0.1) is 4.88 Å². The molecule has 0 saturated carbocycles. The fourth-order valence-corrected chi connectivity index (χ4v) is 2.99. The Bertz CT molecular complexity index is 894. The third kappa shape index (κ3) is 3.46. The summed E-state index contributed by atoms with van der Waals surface area (Å²) in [4.78, 5) is 24.9. The maximum atomic E-state index is 12.3. The monoisotopic (exact) mass is 343 g/mol. The van der Waals surface area contributed by atoms with E-state index in [0.717, 1.165) is 20.8 Å². The van der Waals surface area contributed by atoms with Gasteiger partial charge in [0.15, 0.2) is 0 Å². The van der Waals surface area contributed by atoms with E-state index < -0.39 is 5.76 Å². The first-order chi connectivity index (χ1) is 11.5. The number of nitrogens with one attached hydrogen (secondary N) is 1. The molecule has 0 saturated heterocycles. The van der Waals surface area contributed by atoms with E-state index in [-0.39, 0.29) is 24.3 Å². The molecule has 0 atom stereocenters. The molecule has 0 radical (unpaired) electrons. The zero-order chi connectivity index (χ0) is 17.1. The van der Waals surface area contributed by atoms with Crippen molar-refractivity contribution in [2.24, 2.45) is 0 Å². The summed E-state index contributed by atoms with van der Waals surface area (Å²) in [5.41, 5.74) is 1.78. The van der Waals surface area contributed by atoms with Crippen molar-refractivity contribution in [1.82, 2.24) is 9.78 Å². The molecular weight excluding hydrogens is 326 g/mol. The topological polar surface area (TPSA) is 77.1 Å². The third-order valence-electron chi connectivity index (χ3n) is 3.49. The van der Waals surface area contributed by atoms with Crippen molar-refractivity contribution in [3.63, 3.8) is 0 Å². The number of anilines is 1. The average molecular weight is 343 g/mol. The van der Waals surface area contributed by atoms with Crippen LogP contribution in [0.25, 0.3) is 10.8 Å². The first-order valence-electron chi connectivity index (χ1n) is 7.55. The molecule has 0 aliphatic rings. The average Bonchev–Trinajstić information content (AvgIpc) is 3.18. The highest BCUT2D eigenvalue weighted by molar-refractivity contribution is 7.13. The summed E-state index contributed by atoms with van der Waals surface area (Å²) in [5, 5.41) is 8.78. The summed E-state index contributed by atoms with van der Waals surface area (Å²) >= 11 is 1.42. The van der Waals surface area contributed by atoms with Gasteiger partial charge >= 0.3 is 5.76 Å². The minimum absolute atomic E-state index is 0.194. The van der Waals surface area contributed by atoms with Gasteiger partial charge in [-0.15, -0.1) is 16.4 Å². The molecule has 6 nitrogen and oxygen atoms in total. The van der Waals surface area contributed by atoms with Crippen molar-refractivity contribution in [3.05, 3.63) is 57.9 Å². The van der Waals surface area contributed by atoms with Gasteiger partial charge in [0.1, 0.15) is 6.54 Å². The lowest BCUT2D eigenvalue weighted by Gasteiger charge is -2.13. The number of aromatic nitrogens is 2. The van der Waals surface area contributed by atoms with Gasteiger partial charge in [-0.05, 0) is 29.0 Å². The van der Waals surface area contributed by atoms with Gasteiger partial charge < -0.3 is 9.73 Å². The lowest BCUT2D eigenvalue weighted by Crippen LogP contribution is -2.26. The van der Waals surface area contributed by atoms with Gasteiger partial charge in [0.2, 0.25) is 5.91 Å². The molecular formula is C17H17N3O3S. The van der Waals surface area contributed by atoms with Crippen molar-refractivity contribution >= 4 is 22.9 Å². The Morgan fingerprint density at radius 3 is 2.79 bits per heavy atom. The number of para-hydroxylation sites is 1. The summed E-state index contributed by atoms with van der Waals surface area (Å²) in [7, 11) is 0. The molecule has 124 valence electrons. The molecule has 24 heavy (non-hydrogen) atoms. The van der Waals surface area contributed by atoms with E-state index in [1.165, 1.54) is 11.3 Å². The van der Waals surface area contributed by atoms with Gasteiger partial charge in [-0.25, -0.2) is 4.79 Å². The predicted molar refractivity (Wildman–Crippen MR) is 93.2 cm³/mol. The van der Waals surface area contributed by atoms with Crippen LogP contribution in [0.3, 0.4) is 0 Å². The van der Waals surface area contributed by atoms with Crippen molar-refractivity contribution in [1.29, 1.82) is 0 Å². The SMILES string of the molecule is CC(C)c1ccccc1NC(=O)Cn1nc(-c2cccs2)oc1=O. The molecule has 3 rings (SSSR count). The molecule has 2 aromatic heterocycles. The van der Waals surface area contributed by atoms with Gasteiger partial charge in [0, 0.05) is 5.69 Å². The first kappa shape index (κ1) is 16.2. The van der Waals surface area contributed by atoms with E-state index in [4.69, 9.17) is 4.42 Å². The quantitative estimate of drug-likeness (QED) is 0.771. The number of rotatable bonds is 5. The Kier molecular flexibility index (Phi) is 4.61. The molecule has 2 heterocycles. The minimum Gasteiger partial charge on any atom is -0.387 e. The van der Waals surface area contributed by atoms with E-state index in [0.29, 0.717) is 0 Å². The zero-order valence-electron chi connectivity index (χ0n) is 13.4. The number of hydrogen-bond donors (Lipinski definition) is 1. The first-order valence-corrected chi connectivity index (χ1v) is 8.43. The van der Waals surface area contributed by atoms with Crippen molar-refractivity contribution < 1.29 is 9.21 Å². The maximum Gasteiger partial charge on any atom is 0.437 e. The molecule has 0 bridgehead atoms. The second kappa shape index (κ2) is 6.84. The Morgan fingerprint density at radius 1 is 1.29 bits per heavy atom. The number of carbonyl (C=O) groups excluding carboxylic acids is 1. The van der Waals surface area contributed by atoms with E-state index in [2.05, 4.69) is 24.3 Å². The lowest BCUT2D eigenvalue weighted by atomic mass is 10.0. The highest BCUT2D eigenvalue weighted by Gasteiger charge is 2.15. The van der Waals surface area contributed by atoms with Crippen LogP contribution in [0.15, 0.2) is 51.0 Å². The second-order valence-electron chi connectivity index (χ2n) is 5.60. The Hall–Kier alpha value is -2.67. The van der Waals surface area contributed by atoms with Crippen LogP contribution in [-0.2, 0) is 11.3 Å². The summed E-state index contributed by atoms with van der Waals surface area (Å²) < 4.78 is 6.13. The van der Waals surface area contributed by atoms with Crippen LogP contribution in [0.4, 0.5) is 5.69 Å². The third-order valence-corrected chi connectivity index (χ3v) is 4.35. The van der Waals surface area contributed by atoms with Crippen LogP contribution >= 0.6 is 11.3 Å². The number of nitrogens with zero attached hydrogens (tertiary/aromatic N) is 2. The highest BCUT2D eigenvalue weighted by Crippen LogP contribution is 2.24. The van der Waals surface area contributed by atoms with Gasteiger partial charge in [-0.1, -0.05) is 38.1 Å². The number of thiophene rings is 1. The van der Waals surface area contributed by atoms with Gasteiger partial charge in [0.25, 0.3) is 5.89 Å². The fraction of sp³-hybridized carbons (Fsp3) is 0.235. The van der Waals surface area contributed by atoms with Gasteiger partial charge in [-0.3, -0.25) is 4.79 Å². The summed E-state index contributed by atoms with van der Waals surface area (Å²) in [6.45, 7) is 3.92. The second-order valence-corrected chi connectivity index (χ2v) is 6.55. The largest absolute Gasteiger partial charge is 0.437 e. The smallest absolute Gasteiger partial charge is 0.387 e. The van der Waals surface area contributed by atoms with Crippen LogP contribution in [0, 0.1) is 0 Å². The molecule has 3 aromatic rings. The standard InChI is InChI=1S/C17H17N3O3S/c1-11(2)12-6-3-4-7-13(12)18-15(21)10-20-17(22)23-16(19-20)14-8-5-9-24-14/h3-9,11H,10H2,1-2H3,(H,18,21). The van der Waals surface area contributed by atoms with Crippen molar-refractivity contribution in [3.8, 4) is 10.8 Å². The van der Waals surface area contributed by atoms with E-state index in [1.807, 2.05) is 35.7 Å². The number of carbonyl (C=O) groups is 1. The highest BCUT2D eigenvalue weighted by atomic mass is 32.1. The molecule has 0 aliphatic heterocycles. The molecule has 1 amide bonds. The molecule has 0 spiro atoms. The van der Waals surface area contributed by atoms with E-state index in [1.54, 1.807) is 6.07 Å². The van der Waals surface area contributed by atoms with Crippen LogP contribution in [0.1, 0.15) is 25.3 Å². The van der Waals surface area contributed by atoms with Crippen LogP contribution < -0.4 is 11.1 Å². The summed E-state index contributed by atoms with van der Waals surface area (Å²) in [6.07, 6.45) is 0. The van der Waals surface area contributed by atoms with Crippen molar-refractivity contribution in [2.45, 2.75) is 26.3 Å². The van der Waals surface area contributed by atoms with Gasteiger partial charge in [-0.2, -0.15) is 4.68 Å². The molecule has 0 fully saturated rings. The predicted octanol–water partition coefficient (Wildman–Crippen LogP) is 3.33. The molecule has 0 aliphatic carbocycles. The molecule has 1 aromatic carbocycles. The summed E-state index contributed by atoms with van der Waals surface area (Å²) in [5.74, 6) is -0.464. The van der Waals surface area contributed by atoms with Crippen LogP contribution in [-0.4, -0.2) is 15.7 Å². The number of hydrogen-bond acceptors (Lipinski definition) is 5. The van der Waals surface area contributed by atoms with E-state index in [9.17, 15) is 9.59 Å². The van der Waals surface area contributed by atoms with Crippen LogP contribution in [0.2, 0.25) is 0 Å². The Balaban J connectivity index is 1.75. The number of amides is 1. The number of benzene rings is 1. The fourth-order valence-electron chi connectivity index (χ4n) is 2.35. The summed E-state index contributed by atoms with van der Waals surface area (Å²) in [6, 6.07) is 11.3.